The van der Waals surface area contributed by atoms with E-state index in [0.29, 0.717) is 0 Å². The molecule has 0 heterocycles. The Morgan fingerprint density at radius 1 is 0.905 bits per heavy atom. The lowest BCUT2D eigenvalue weighted by molar-refractivity contribution is -0.125. The van der Waals surface area contributed by atoms with Crippen molar-refractivity contribution in [1.29, 1.82) is 0 Å². The summed E-state index contributed by atoms with van der Waals surface area (Å²) >= 11 is 0. The summed E-state index contributed by atoms with van der Waals surface area (Å²) in [6.45, 7) is 6.31. The van der Waals surface area contributed by atoms with Crippen LogP contribution in [0.4, 0.5) is 4.79 Å². The van der Waals surface area contributed by atoms with Crippen LogP contribution in [0, 0.1) is 12.8 Å². The summed E-state index contributed by atoms with van der Waals surface area (Å²) in [7, 11) is 4.34. The summed E-state index contributed by atoms with van der Waals surface area (Å²) in [6, 6.07) is 24.6. The molecule has 0 saturated heterocycles. The highest BCUT2D eigenvalue weighted by Crippen LogP contribution is 2.44. The van der Waals surface area contributed by atoms with Crippen LogP contribution in [-0.4, -0.2) is 55.2 Å². The topological polar surface area (TPSA) is 70.7 Å². The van der Waals surface area contributed by atoms with Gasteiger partial charge in [0.15, 0.2) is 0 Å². The van der Waals surface area contributed by atoms with Crippen molar-refractivity contribution in [3.63, 3.8) is 0 Å². The van der Waals surface area contributed by atoms with Crippen LogP contribution in [0.5, 0.6) is 0 Å². The van der Waals surface area contributed by atoms with Crippen molar-refractivity contribution in [3.05, 3.63) is 95.1 Å². The molecule has 3 aromatic rings. The molecule has 1 atom stereocenters. The SMILES string of the molecule is Cc1ccccc1CC1(N(C)C)CCC(NC(=O)C(NC(=O)OCC2c3ccccc3-c3ccccc32)C(C)C)CC1. The molecule has 5 rings (SSSR count). The fraction of sp³-hybridized carbons (Fsp3) is 0.444. The number of alkyl carbamates (subject to hydrolysis) is 1. The molecule has 0 radical (unpaired) electrons. The van der Waals surface area contributed by atoms with Crippen LogP contribution in [0.25, 0.3) is 11.1 Å². The number of benzene rings is 3. The van der Waals surface area contributed by atoms with E-state index in [9.17, 15) is 9.59 Å². The number of rotatable bonds is 9. The second-order valence-corrected chi connectivity index (χ2v) is 12.7. The highest BCUT2D eigenvalue weighted by Gasteiger charge is 2.39. The van der Waals surface area contributed by atoms with Gasteiger partial charge >= 0.3 is 6.09 Å². The van der Waals surface area contributed by atoms with Crippen molar-refractivity contribution in [3.8, 4) is 11.1 Å². The molecule has 3 aromatic carbocycles. The molecule has 0 aromatic heterocycles. The zero-order valence-corrected chi connectivity index (χ0v) is 25.7. The first kappa shape index (κ1) is 29.8. The van der Waals surface area contributed by atoms with Crippen molar-refractivity contribution in [2.45, 2.75) is 76.4 Å². The zero-order chi connectivity index (χ0) is 29.9. The molecule has 0 aliphatic heterocycles. The van der Waals surface area contributed by atoms with Crippen LogP contribution >= 0.6 is 0 Å². The number of aryl methyl sites for hydroxylation is 1. The van der Waals surface area contributed by atoms with Crippen molar-refractivity contribution in [1.82, 2.24) is 15.5 Å². The van der Waals surface area contributed by atoms with Crippen molar-refractivity contribution >= 4 is 12.0 Å². The smallest absolute Gasteiger partial charge is 0.407 e. The molecule has 1 fully saturated rings. The van der Waals surface area contributed by atoms with E-state index in [1.54, 1.807) is 0 Å². The average Bonchev–Trinajstić information content (AvgIpc) is 3.30. The van der Waals surface area contributed by atoms with Crippen LogP contribution in [0.2, 0.25) is 0 Å². The van der Waals surface area contributed by atoms with Gasteiger partial charge in [-0.05, 0) is 92.4 Å². The van der Waals surface area contributed by atoms with Gasteiger partial charge in [0.25, 0.3) is 0 Å². The van der Waals surface area contributed by atoms with Crippen molar-refractivity contribution in [2.24, 2.45) is 5.92 Å². The maximum Gasteiger partial charge on any atom is 0.407 e. The minimum absolute atomic E-state index is 0.0200. The fourth-order valence-electron chi connectivity index (χ4n) is 6.84. The third-order valence-electron chi connectivity index (χ3n) is 9.56. The Morgan fingerprint density at radius 3 is 2.05 bits per heavy atom. The number of carbonyl (C=O) groups excluding carboxylic acids is 2. The molecular weight excluding hydrogens is 522 g/mol. The monoisotopic (exact) mass is 567 g/mol. The van der Waals surface area contributed by atoms with Gasteiger partial charge in [0.1, 0.15) is 12.6 Å². The highest BCUT2D eigenvalue weighted by atomic mass is 16.5. The zero-order valence-electron chi connectivity index (χ0n) is 25.7. The Bertz CT molecular complexity index is 1360. The van der Waals surface area contributed by atoms with Crippen LogP contribution in [0.3, 0.4) is 0 Å². The Balaban J connectivity index is 1.17. The van der Waals surface area contributed by atoms with E-state index >= 15 is 0 Å². The van der Waals surface area contributed by atoms with Gasteiger partial charge in [-0.15, -0.1) is 0 Å². The molecule has 42 heavy (non-hydrogen) atoms. The van der Waals surface area contributed by atoms with E-state index in [-0.39, 0.29) is 35.9 Å². The molecule has 0 spiro atoms. The van der Waals surface area contributed by atoms with E-state index in [4.69, 9.17) is 4.74 Å². The number of hydrogen-bond acceptors (Lipinski definition) is 4. The van der Waals surface area contributed by atoms with Gasteiger partial charge in [-0.2, -0.15) is 0 Å². The number of fused-ring (bicyclic) bond motifs is 3. The lowest BCUT2D eigenvalue weighted by Crippen LogP contribution is -2.55. The van der Waals surface area contributed by atoms with Gasteiger partial charge in [0.2, 0.25) is 5.91 Å². The summed E-state index contributed by atoms with van der Waals surface area (Å²) in [5, 5.41) is 6.12. The number of carbonyl (C=O) groups is 2. The van der Waals surface area contributed by atoms with Crippen LogP contribution in [-0.2, 0) is 16.0 Å². The van der Waals surface area contributed by atoms with Crippen LogP contribution in [0.15, 0.2) is 72.8 Å². The second kappa shape index (κ2) is 12.7. The first-order chi connectivity index (χ1) is 20.2. The van der Waals surface area contributed by atoms with Crippen LogP contribution < -0.4 is 10.6 Å². The van der Waals surface area contributed by atoms with E-state index in [2.05, 4.69) is 85.1 Å². The maximum atomic E-state index is 13.4. The Morgan fingerprint density at radius 2 is 1.48 bits per heavy atom. The first-order valence-corrected chi connectivity index (χ1v) is 15.3. The Kier molecular flexibility index (Phi) is 9.02. The molecule has 6 nitrogen and oxygen atoms in total. The van der Waals surface area contributed by atoms with Crippen molar-refractivity contribution < 1.29 is 14.3 Å². The molecule has 6 heteroatoms. The second-order valence-electron chi connectivity index (χ2n) is 12.7. The molecule has 222 valence electrons. The van der Waals surface area contributed by atoms with Gasteiger partial charge in [0, 0.05) is 17.5 Å². The molecule has 2 aliphatic carbocycles. The third kappa shape index (κ3) is 6.24. The van der Waals surface area contributed by atoms with Gasteiger partial charge in [-0.25, -0.2) is 4.79 Å². The Labute approximate surface area is 250 Å². The van der Waals surface area contributed by atoms with E-state index in [1.165, 1.54) is 22.3 Å². The molecule has 0 bridgehead atoms. The predicted molar refractivity (Wildman–Crippen MR) is 169 cm³/mol. The molecule has 2 amide bonds. The number of hydrogen-bond donors (Lipinski definition) is 2. The van der Waals surface area contributed by atoms with Gasteiger partial charge in [0.05, 0.1) is 0 Å². The highest BCUT2D eigenvalue weighted by molar-refractivity contribution is 5.86. The number of nitrogens with one attached hydrogen (secondary N) is 2. The van der Waals surface area contributed by atoms with E-state index in [1.807, 2.05) is 38.1 Å². The van der Waals surface area contributed by atoms with Crippen molar-refractivity contribution in [2.75, 3.05) is 20.7 Å². The van der Waals surface area contributed by atoms with Crippen LogP contribution in [0.1, 0.15) is 67.7 Å². The minimum Gasteiger partial charge on any atom is -0.449 e. The largest absolute Gasteiger partial charge is 0.449 e. The molecule has 2 aliphatic rings. The lowest BCUT2D eigenvalue weighted by Gasteiger charge is -2.46. The molecule has 2 N–H and O–H groups in total. The molecule has 1 unspecified atom stereocenters. The fourth-order valence-corrected chi connectivity index (χ4v) is 6.84. The average molecular weight is 568 g/mol. The van der Waals surface area contributed by atoms with Gasteiger partial charge in [-0.1, -0.05) is 86.6 Å². The van der Waals surface area contributed by atoms with Gasteiger partial charge < -0.3 is 20.3 Å². The number of likely N-dealkylation sites (N-methyl/N-ethyl adjacent to an activating group) is 1. The summed E-state index contributed by atoms with van der Waals surface area (Å²) in [4.78, 5) is 28.8. The third-order valence-corrected chi connectivity index (χ3v) is 9.56. The number of amides is 2. The maximum absolute atomic E-state index is 13.4. The van der Waals surface area contributed by atoms with E-state index < -0.39 is 12.1 Å². The normalized spacial score (nSPS) is 20.6. The summed E-state index contributed by atoms with van der Waals surface area (Å²) in [6.07, 6.45) is 4.28. The quantitative estimate of drug-likeness (QED) is 0.311. The molecule has 1 saturated carbocycles. The Hall–Kier alpha value is -3.64. The summed E-state index contributed by atoms with van der Waals surface area (Å²) < 4.78 is 5.74. The van der Waals surface area contributed by atoms with Gasteiger partial charge in [-0.3, -0.25) is 4.79 Å². The summed E-state index contributed by atoms with van der Waals surface area (Å²) in [5.41, 5.74) is 7.49. The first-order valence-electron chi connectivity index (χ1n) is 15.3. The number of nitrogens with zero attached hydrogens (tertiary/aromatic N) is 1. The lowest BCUT2D eigenvalue weighted by atomic mass is 9.74. The number of ether oxygens (including phenoxy) is 1. The summed E-state index contributed by atoms with van der Waals surface area (Å²) in [5.74, 6) is -0.232. The predicted octanol–water partition coefficient (Wildman–Crippen LogP) is 6.46. The van der Waals surface area contributed by atoms with E-state index in [0.717, 1.165) is 43.2 Å². The standard InChI is InChI=1S/C36H45N3O3/c1-24(2)33(38-35(41)42-23-32-30-16-10-8-14-28(30)29-15-9-11-17-31(29)32)34(40)37-27-18-20-36(21-19-27,39(4)5)22-26-13-7-6-12-25(26)3/h6-17,24,27,32-33H,18-23H2,1-5H3,(H,37,40)(H,38,41). The minimum atomic E-state index is -0.659. The molecular formula is C36H45N3O3.